The highest BCUT2D eigenvalue weighted by atomic mass is 16.6. The largest absolute Gasteiger partial charge is 0.460 e. The summed E-state index contributed by atoms with van der Waals surface area (Å²) in [6, 6.07) is 15.2. The molecule has 9 heteroatoms. The number of esters is 1. The molecule has 0 saturated carbocycles. The smallest absolute Gasteiger partial charge is 0.338 e. The molecule has 3 rings (SSSR count). The molecule has 4 amide bonds. The zero-order chi connectivity index (χ0) is 25.2. The summed E-state index contributed by atoms with van der Waals surface area (Å²) in [6.45, 7) is 4.93. The molecule has 0 radical (unpaired) electrons. The van der Waals surface area contributed by atoms with Gasteiger partial charge in [-0.3, -0.25) is 4.90 Å². The summed E-state index contributed by atoms with van der Waals surface area (Å²) < 4.78 is 10.4. The minimum Gasteiger partial charge on any atom is -0.460 e. The first-order valence-electron chi connectivity index (χ1n) is 11.6. The zero-order valence-electron chi connectivity index (χ0n) is 20.3. The Kier molecular flexibility index (Phi) is 9.25. The van der Waals surface area contributed by atoms with Crippen molar-refractivity contribution in [1.82, 2.24) is 15.5 Å². The van der Waals surface area contributed by atoms with Crippen molar-refractivity contribution in [3.05, 3.63) is 77.0 Å². The van der Waals surface area contributed by atoms with E-state index in [1.54, 1.807) is 36.1 Å². The number of benzene rings is 2. The highest BCUT2D eigenvalue weighted by Crippen LogP contribution is 2.32. The minimum atomic E-state index is -0.722. The molecule has 2 aromatic rings. The Hall–Kier alpha value is -3.85. The van der Waals surface area contributed by atoms with Crippen LogP contribution in [0.25, 0.3) is 0 Å². The Morgan fingerprint density at radius 2 is 1.86 bits per heavy atom. The van der Waals surface area contributed by atoms with Gasteiger partial charge in [-0.05, 0) is 36.6 Å². The Bertz CT molecular complexity index is 1070. The highest BCUT2D eigenvalue weighted by molar-refractivity contribution is 5.95. The molecule has 1 aliphatic heterocycles. The van der Waals surface area contributed by atoms with Crippen molar-refractivity contribution in [2.24, 2.45) is 0 Å². The number of ether oxygens (including phenoxy) is 2. The summed E-state index contributed by atoms with van der Waals surface area (Å²) in [4.78, 5) is 39.8. The van der Waals surface area contributed by atoms with E-state index in [2.05, 4.69) is 16.0 Å². The molecular weight excluding hydrogens is 448 g/mol. The molecular formula is C26H32N4O5. The van der Waals surface area contributed by atoms with Gasteiger partial charge in [-0.25, -0.2) is 14.4 Å². The number of carbonyl (C=O) groups excluding carboxylic acids is 3. The van der Waals surface area contributed by atoms with Crippen molar-refractivity contribution in [3.8, 4) is 0 Å². The predicted molar refractivity (Wildman–Crippen MR) is 133 cm³/mol. The number of hydrogen-bond acceptors (Lipinski definition) is 5. The normalized spacial score (nSPS) is 15.5. The lowest BCUT2D eigenvalue weighted by molar-refractivity contribution is -0.140. The second kappa shape index (κ2) is 12.6. The van der Waals surface area contributed by atoms with E-state index in [1.165, 1.54) is 7.11 Å². The summed E-state index contributed by atoms with van der Waals surface area (Å²) in [5.41, 5.74) is 3.05. The van der Waals surface area contributed by atoms with Crippen LogP contribution in [0.15, 0.2) is 65.9 Å². The number of carbonyl (C=O) groups is 3. The van der Waals surface area contributed by atoms with Crippen LogP contribution in [0.5, 0.6) is 0 Å². The topological polar surface area (TPSA) is 109 Å². The van der Waals surface area contributed by atoms with Crippen molar-refractivity contribution >= 4 is 23.7 Å². The van der Waals surface area contributed by atoms with Crippen LogP contribution in [0.4, 0.5) is 15.3 Å². The van der Waals surface area contributed by atoms with Gasteiger partial charge in [-0.1, -0.05) is 49.4 Å². The Morgan fingerprint density at radius 1 is 1.09 bits per heavy atom. The van der Waals surface area contributed by atoms with Crippen LogP contribution in [-0.4, -0.2) is 49.8 Å². The molecule has 2 aromatic carbocycles. The number of methoxy groups -OCH3 is 1. The van der Waals surface area contributed by atoms with Gasteiger partial charge in [0.1, 0.15) is 6.61 Å². The van der Waals surface area contributed by atoms with Gasteiger partial charge in [0.15, 0.2) is 0 Å². The van der Waals surface area contributed by atoms with E-state index >= 15 is 0 Å². The molecule has 186 valence electrons. The van der Waals surface area contributed by atoms with Crippen molar-refractivity contribution in [2.75, 3.05) is 32.2 Å². The second-order valence-electron chi connectivity index (χ2n) is 8.08. The average Bonchev–Trinajstić information content (AvgIpc) is 2.86. The van der Waals surface area contributed by atoms with Gasteiger partial charge >= 0.3 is 18.0 Å². The van der Waals surface area contributed by atoms with E-state index in [4.69, 9.17) is 9.47 Å². The monoisotopic (exact) mass is 480 g/mol. The van der Waals surface area contributed by atoms with Gasteiger partial charge in [0.25, 0.3) is 0 Å². The summed E-state index contributed by atoms with van der Waals surface area (Å²) in [6.07, 6.45) is 0.735. The van der Waals surface area contributed by atoms with Gasteiger partial charge in [0.05, 0.1) is 18.2 Å². The maximum atomic E-state index is 13.0. The molecule has 0 aromatic heterocycles. The molecule has 0 fully saturated rings. The summed E-state index contributed by atoms with van der Waals surface area (Å²) in [5, 5.41) is 8.54. The average molecular weight is 481 g/mol. The van der Waals surface area contributed by atoms with Gasteiger partial charge < -0.3 is 25.4 Å². The molecule has 3 N–H and O–H groups in total. The predicted octanol–water partition coefficient (Wildman–Crippen LogP) is 3.95. The Labute approximate surface area is 205 Å². The first kappa shape index (κ1) is 25.8. The molecule has 1 aliphatic rings. The fourth-order valence-electron chi connectivity index (χ4n) is 3.83. The number of nitrogens with zero attached hydrogens (tertiary/aromatic N) is 1. The number of nitrogens with one attached hydrogen (secondary N) is 3. The van der Waals surface area contributed by atoms with Gasteiger partial charge in [-0.2, -0.15) is 0 Å². The lowest BCUT2D eigenvalue weighted by Crippen LogP contribution is -2.48. The molecule has 1 heterocycles. The Morgan fingerprint density at radius 3 is 2.57 bits per heavy atom. The van der Waals surface area contributed by atoms with E-state index in [0.717, 1.165) is 12.0 Å². The molecule has 1 atom stereocenters. The van der Waals surface area contributed by atoms with Crippen LogP contribution in [0, 0.1) is 0 Å². The maximum absolute atomic E-state index is 13.0. The molecule has 0 saturated heterocycles. The van der Waals surface area contributed by atoms with Crippen LogP contribution in [0.1, 0.15) is 37.4 Å². The van der Waals surface area contributed by atoms with Crippen LogP contribution in [0.3, 0.4) is 0 Å². The number of allylic oxidation sites excluding steroid dienone is 1. The van der Waals surface area contributed by atoms with Gasteiger partial charge in [0.2, 0.25) is 0 Å². The Balaban J connectivity index is 1.80. The number of urea groups is 2. The van der Waals surface area contributed by atoms with Crippen molar-refractivity contribution in [3.63, 3.8) is 0 Å². The number of amides is 4. The SMILES string of the molecule is CCCN1C(=O)NC(c2cccc(NC(=O)NCc3ccccc3)c2)C(C(=O)OCCOC)=C1C. The van der Waals surface area contributed by atoms with Gasteiger partial charge in [0, 0.05) is 31.6 Å². The third-order valence-electron chi connectivity index (χ3n) is 5.56. The second-order valence-corrected chi connectivity index (χ2v) is 8.08. The fourth-order valence-corrected chi connectivity index (χ4v) is 3.83. The standard InChI is InChI=1S/C26H32N4O5/c1-4-13-30-18(2)22(24(31)35-15-14-34-3)23(29-26(30)33)20-11-8-12-21(16-20)28-25(32)27-17-19-9-6-5-7-10-19/h5-12,16,23H,4,13-15,17H2,1-3H3,(H,29,33)(H2,27,28,32). The molecule has 0 bridgehead atoms. The first-order chi connectivity index (χ1) is 16.9. The van der Waals surface area contributed by atoms with Crippen LogP contribution < -0.4 is 16.0 Å². The number of rotatable bonds is 10. The molecule has 0 spiro atoms. The highest BCUT2D eigenvalue weighted by Gasteiger charge is 2.36. The fraction of sp³-hybridized carbons (Fsp3) is 0.346. The minimum absolute atomic E-state index is 0.101. The number of anilines is 1. The van der Waals surface area contributed by atoms with Gasteiger partial charge in [-0.15, -0.1) is 0 Å². The molecule has 0 aliphatic carbocycles. The molecule has 1 unspecified atom stereocenters. The summed E-state index contributed by atoms with van der Waals surface area (Å²) >= 11 is 0. The quantitative estimate of drug-likeness (QED) is 0.352. The maximum Gasteiger partial charge on any atom is 0.338 e. The lowest BCUT2D eigenvalue weighted by atomic mass is 9.94. The summed E-state index contributed by atoms with van der Waals surface area (Å²) in [5.74, 6) is -0.524. The third kappa shape index (κ3) is 6.83. The first-order valence-corrected chi connectivity index (χ1v) is 11.6. The lowest BCUT2D eigenvalue weighted by Gasteiger charge is -2.35. The van der Waals surface area contributed by atoms with E-state index in [-0.39, 0.29) is 25.3 Å². The van der Waals surface area contributed by atoms with Crippen molar-refractivity contribution in [2.45, 2.75) is 32.9 Å². The van der Waals surface area contributed by atoms with E-state index in [0.29, 0.717) is 35.6 Å². The third-order valence-corrected chi connectivity index (χ3v) is 5.56. The van der Waals surface area contributed by atoms with E-state index < -0.39 is 12.0 Å². The number of hydrogen-bond donors (Lipinski definition) is 3. The van der Waals surface area contributed by atoms with E-state index in [9.17, 15) is 14.4 Å². The zero-order valence-corrected chi connectivity index (χ0v) is 20.3. The van der Waals surface area contributed by atoms with Crippen LogP contribution >= 0.6 is 0 Å². The van der Waals surface area contributed by atoms with Crippen LogP contribution in [-0.2, 0) is 20.8 Å². The molecule has 35 heavy (non-hydrogen) atoms. The van der Waals surface area contributed by atoms with Crippen molar-refractivity contribution in [1.29, 1.82) is 0 Å². The van der Waals surface area contributed by atoms with Crippen molar-refractivity contribution < 1.29 is 23.9 Å². The molecule has 9 nitrogen and oxygen atoms in total. The summed E-state index contributed by atoms with van der Waals surface area (Å²) in [7, 11) is 1.53. The van der Waals surface area contributed by atoms with Crippen LogP contribution in [0.2, 0.25) is 0 Å². The van der Waals surface area contributed by atoms with E-state index in [1.807, 2.05) is 37.3 Å².